The van der Waals surface area contributed by atoms with E-state index in [0.29, 0.717) is 0 Å². The molecule has 0 atom stereocenters. The molecule has 1 aromatic rings. The molecule has 1 rings (SSSR count). The third-order valence-corrected chi connectivity index (χ3v) is 1.38. The second-order valence-corrected chi connectivity index (χ2v) is 2.19. The zero-order chi connectivity index (χ0) is 9.19. The van der Waals surface area contributed by atoms with Gasteiger partial charge in [0.05, 0.1) is 12.9 Å². The molecule has 7 heteroatoms. The molecule has 0 aliphatic rings. The Labute approximate surface area is 116 Å². The molecular formula is C6H6BF3KNO. The summed E-state index contributed by atoms with van der Waals surface area (Å²) in [6.07, 6.45) is 2.02. The standard InChI is InChI=1S/C6H6BF3NO.K/c1-12-6-2-3-11-4-5(6)7(8,9)10;/h2-4H,1H3;/q-1;+1. The summed E-state index contributed by atoms with van der Waals surface area (Å²) >= 11 is 0. The first kappa shape index (κ1) is 13.4. The number of hydrogen-bond donors (Lipinski definition) is 0. The normalized spacial score (nSPS) is 10.5. The Morgan fingerprint density at radius 3 is 2.38 bits per heavy atom. The molecule has 0 spiro atoms. The molecule has 0 bridgehead atoms. The van der Waals surface area contributed by atoms with E-state index >= 15 is 0 Å². The van der Waals surface area contributed by atoms with Crippen molar-refractivity contribution in [2.75, 3.05) is 7.11 Å². The van der Waals surface area contributed by atoms with E-state index in [1.54, 1.807) is 0 Å². The van der Waals surface area contributed by atoms with Gasteiger partial charge in [-0.3, -0.25) is 4.98 Å². The van der Waals surface area contributed by atoms with Crippen LogP contribution in [0.4, 0.5) is 12.9 Å². The minimum atomic E-state index is -5.03. The maximum Gasteiger partial charge on any atom is 1.00 e. The van der Waals surface area contributed by atoms with Crippen molar-refractivity contribution in [3.05, 3.63) is 18.5 Å². The number of hydrogen-bond acceptors (Lipinski definition) is 2. The topological polar surface area (TPSA) is 22.1 Å². The number of nitrogens with zero attached hydrogens (tertiary/aromatic N) is 1. The molecule has 2 nitrogen and oxygen atoms in total. The van der Waals surface area contributed by atoms with Gasteiger partial charge in [-0.25, -0.2) is 0 Å². The van der Waals surface area contributed by atoms with Gasteiger partial charge < -0.3 is 17.7 Å². The molecule has 0 unspecified atom stereocenters. The molecule has 0 aromatic carbocycles. The van der Waals surface area contributed by atoms with Gasteiger partial charge in [-0.1, -0.05) is 0 Å². The average molecular weight is 215 g/mol. The van der Waals surface area contributed by atoms with Crippen molar-refractivity contribution in [3.8, 4) is 5.75 Å². The first-order chi connectivity index (χ1) is 5.55. The molecule has 0 saturated carbocycles. The van der Waals surface area contributed by atoms with Gasteiger partial charge in [0.15, 0.2) is 0 Å². The number of pyridine rings is 1. The number of rotatable bonds is 2. The van der Waals surface area contributed by atoms with E-state index in [9.17, 15) is 12.9 Å². The smallest absolute Gasteiger partial charge is 0.500 e. The molecule has 0 aliphatic heterocycles. The quantitative estimate of drug-likeness (QED) is 0.540. The van der Waals surface area contributed by atoms with Crippen LogP contribution in [0.2, 0.25) is 0 Å². The van der Waals surface area contributed by atoms with Gasteiger partial charge in [-0.05, 0) is 11.5 Å². The van der Waals surface area contributed by atoms with Crippen LogP contribution in [0.15, 0.2) is 18.5 Å². The third-order valence-electron chi connectivity index (χ3n) is 1.38. The van der Waals surface area contributed by atoms with Crippen molar-refractivity contribution in [1.82, 2.24) is 4.98 Å². The summed E-state index contributed by atoms with van der Waals surface area (Å²) in [4.78, 5) is 3.38. The fraction of sp³-hybridized carbons (Fsp3) is 0.167. The third kappa shape index (κ3) is 3.59. The minimum Gasteiger partial charge on any atom is -0.500 e. The Balaban J connectivity index is 0.00000144. The van der Waals surface area contributed by atoms with Crippen LogP contribution in [0, 0.1) is 0 Å². The van der Waals surface area contributed by atoms with E-state index in [2.05, 4.69) is 9.72 Å². The molecule has 1 aromatic heterocycles. The summed E-state index contributed by atoms with van der Waals surface area (Å²) < 4.78 is 41.1. The van der Waals surface area contributed by atoms with Gasteiger partial charge in [0.25, 0.3) is 0 Å². The van der Waals surface area contributed by atoms with E-state index in [1.807, 2.05) is 0 Å². The maximum atomic E-state index is 12.2. The van der Waals surface area contributed by atoms with Crippen LogP contribution in [-0.2, 0) is 0 Å². The minimum absolute atomic E-state index is 0. The Bertz CT molecular complexity index is 281. The fourth-order valence-electron chi connectivity index (χ4n) is 0.826. The Hall–Kier alpha value is 0.441. The first-order valence-corrected chi connectivity index (χ1v) is 3.23. The van der Waals surface area contributed by atoms with Crippen LogP contribution in [0.3, 0.4) is 0 Å². The predicted molar refractivity (Wildman–Crippen MR) is 39.5 cm³/mol. The summed E-state index contributed by atoms with van der Waals surface area (Å²) in [7, 11) is 1.20. The van der Waals surface area contributed by atoms with E-state index in [1.165, 1.54) is 19.4 Å². The van der Waals surface area contributed by atoms with Gasteiger partial charge in [0.2, 0.25) is 0 Å². The first-order valence-electron chi connectivity index (χ1n) is 3.23. The molecule has 0 radical (unpaired) electrons. The van der Waals surface area contributed by atoms with Crippen molar-refractivity contribution < 1.29 is 69.1 Å². The zero-order valence-corrected chi connectivity index (χ0v) is 10.4. The second kappa shape index (κ2) is 5.35. The van der Waals surface area contributed by atoms with Crippen molar-refractivity contribution in [2.24, 2.45) is 0 Å². The maximum absolute atomic E-state index is 12.2. The molecule has 1 heterocycles. The molecular weight excluding hydrogens is 209 g/mol. The number of halogens is 3. The molecule has 0 amide bonds. The van der Waals surface area contributed by atoms with Gasteiger partial charge >= 0.3 is 58.4 Å². The van der Waals surface area contributed by atoms with Gasteiger partial charge in [0.1, 0.15) is 0 Å². The molecule has 0 N–H and O–H groups in total. The predicted octanol–water partition coefficient (Wildman–Crippen LogP) is -1.85. The fourth-order valence-corrected chi connectivity index (χ4v) is 0.826. The van der Waals surface area contributed by atoms with Crippen LogP contribution >= 0.6 is 0 Å². The Kier molecular flexibility index (Phi) is 5.54. The van der Waals surface area contributed by atoms with Crippen molar-refractivity contribution in [2.45, 2.75) is 0 Å². The van der Waals surface area contributed by atoms with Gasteiger partial charge in [-0.15, -0.1) is 0 Å². The van der Waals surface area contributed by atoms with E-state index in [0.717, 1.165) is 6.20 Å². The zero-order valence-electron chi connectivity index (χ0n) is 7.30. The monoisotopic (exact) mass is 215 g/mol. The number of methoxy groups -OCH3 is 1. The summed E-state index contributed by atoms with van der Waals surface area (Å²) in [5, 5.41) is 0. The van der Waals surface area contributed by atoms with Crippen LogP contribution in [0.25, 0.3) is 0 Å². The van der Waals surface area contributed by atoms with Crippen LogP contribution in [-0.4, -0.2) is 19.1 Å². The van der Waals surface area contributed by atoms with Crippen LogP contribution in [0.5, 0.6) is 5.75 Å². The summed E-state index contributed by atoms with van der Waals surface area (Å²) in [5.74, 6) is -0.183. The van der Waals surface area contributed by atoms with E-state index < -0.39 is 12.4 Å². The van der Waals surface area contributed by atoms with Crippen molar-refractivity contribution in [1.29, 1.82) is 0 Å². The summed E-state index contributed by atoms with van der Waals surface area (Å²) in [6, 6.07) is 1.19. The largest absolute Gasteiger partial charge is 1.00 e. The molecule has 0 saturated heterocycles. The van der Waals surface area contributed by atoms with Gasteiger partial charge in [-0.2, -0.15) is 0 Å². The van der Waals surface area contributed by atoms with Crippen molar-refractivity contribution in [3.63, 3.8) is 0 Å². The number of ether oxygens (including phenoxy) is 1. The summed E-state index contributed by atoms with van der Waals surface area (Å²) in [5.41, 5.74) is -0.792. The molecule has 66 valence electrons. The van der Waals surface area contributed by atoms with Crippen LogP contribution < -0.4 is 61.6 Å². The van der Waals surface area contributed by atoms with E-state index in [-0.39, 0.29) is 57.1 Å². The molecule has 0 fully saturated rings. The number of aromatic nitrogens is 1. The Morgan fingerprint density at radius 1 is 1.38 bits per heavy atom. The second-order valence-electron chi connectivity index (χ2n) is 2.19. The summed E-state index contributed by atoms with van der Waals surface area (Å²) in [6.45, 7) is -5.03. The van der Waals surface area contributed by atoms with Crippen LogP contribution in [0.1, 0.15) is 0 Å². The Morgan fingerprint density at radius 2 is 2.00 bits per heavy atom. The SMILES string of the molecule is COc1ccncc1[B-](F)(F)F.[K+]. The van der Waals surface area contributed by atoms with Gasteiger partial charge in [0, 0.05) is 12.4 Å². The molecule has 0 aliphatic carbocycles. The average Bonchev–Trinajstić information content (AvgIpc) is 2.03. The molecule has 13 heavy (non-hydrogen) atoms. The van der Waals surface area contributed by atoms with E-state index in [4.69, 9.17) is 0 Å². The van der Waals surface area contributed by atoms with Crippen molar-refractivity contribution >= 4 is 12.4 Å².